The Kier molecular flexibility index (Phi) is 2.23. The molecule has 0 N–H and O–H groups in total. The van der Waals surface area contributed by atoms with Gasteiger partial charge in [-0.1, -0.05) is 6.07 Å². The molecule has 0 saturated heterocycles. The summed E-state index contributed by atoms with van der Waals surface area (Å²) in [6.45, 7) is 0. The van der Waals surface area contributed by atoms with Gasteiger partial charge in [-0.25, -0.2) is 4.39 Å². The van der Waals surface area contributed by atoms with E-state index in [1.165, 1.54) is 17.0 Å². The van der Waals surface area contributed by atoms with E-state index in [0.29, 0.717) is 5.69 Å². The van der Waals surface area contributed by atoms with Crippen LogP contribution in [0.4, 0.5) is 10.1 Å². The van der Waals surface area contributed by atoms with E-state index in [2.05, 4.69) is 0 Å². The van der Waals surface area contributed by atoms with Crippen molar-refractivity contribution < 1.29 is 9.18 Å². The summed E-state index contributed by atoms with van der Waals surface area (Å²) in [4.78, 5) is 13.1. The van der Waals surface area contributed by atoms with E-state index in [0.717, 1.165) is 12.8 Å². The van der Waals surface area contributed by atoms with Crippen LogP contribution in [0.3, 0.4) is 0 Å². The van der Waals surface area contributed by atoms with Gasteiger partial charge in [-0.3, -0.25) is 4.79 Å². The molecule has 0 unspecified atom stereocenters. The maximum atomic E-state index is 12.9. The van der Waals surface area contributed by atoms with Gasteiger partial charge in [0.05, 0.1) is 0 Å². The highest BCUT2D eigenvalue weighted by atomic mass is 19.1. The van der Waals surface area contributed by atoms with Crippen molar-refractivity contribution in [3.8, 4) is 0 Å². The quantitative estimate of drug-likeness (QED) is 0.705. The molecule has 3 heteroatoms. The molecular weight excluding hydrogens is 181 g/mol. The van der Waals surface area contributed by atoms with Gasteiger partial charge in [0.2, 0.25) is 5.91 Å². The number of hydrogen-bond acceptors (Lipinski definition) is 1. The molecule has 14 heavy (non-hydrogen) atoms. The van der Waals surface area contributed by atoms with Crippen LogP contribution in [0.1, 0.15) is 12.8 Å². The van der Waals surface area contributed by atoms with E-state index >= 15 is 0 Å². The number of nitrogens with zero attached hydrogens (tertiary/aromatic N) is 1. The number of anilines is 1. The number of rotatable bonds is 2. The molecule has 2 rings (SSSR count). The van der Waals surface area contributed by atoms with Gasteiger partial charge in [0.1, 0.15) is 5.82 Å². The van der Waals surface area contributed by atoms with Crippen LogP contribution in [0.5, 0.6) is 0 Å². The Labute approximate surface area is 82.3 Å². The number of amides is 1. The summed E-state index contributed by atoms with van der Waals surface area (Å²) in [7, 11) is 1.69. The first-order chi connectivity index (χ1) is 6.68. The van der Waals surface area contributed by atoms with Gasteiger partial charge in [0.15, 0.2) is 0 Å². The van der Waals surface area contributed by atoms with E-state index in [4.69, 9.17) is 0 Å². The molecule has 0 radical (unpaired) electrons. The normalized spacial score (nSPS) is 15.3. The molecule has 2 nitrogen and oxygen atoms in total. The van der Waals surface area contributed by atoms with Crippen molar-refractivity contribution in [2.45, 2.75) is 12.8 Å². The lowest BCUT2D eigenvalue weighted by Crippen LogP contribution is -2.27. The number of benzene rings is 1. The fraction of sp³-hybridized carbons (Fsp3) is 0.364. The van der Waals surface area contributed by atoms with E-state index in [9.17, 15) is 9.18 Å². The van der Waals surface area contributed by atoms with Crippen molar-refractivity contribution in [1.82, 2.24) is 0 Å². The maximum Gasteiger partial charge on any atom is 0.229 e. The molecule has 1 amide bonds. The van der Waals surface area contributed by atoms with Crippen LogP contribution in [-0.2, 0) is 4.79 Å². The largest absolute Gasteiger partial charge is 0.315 e. The van der Waals surface area contributed by atoms with Gasteiger partial charge >= 0.3 is 0 Å². The van der Waals surface area contributed by atoms with Gasteiger partial charge in [-0.15, -0.1) is 0 Å². The Balaban J connectivity index is 2.17. The second kappa shape index (κ2) is 3.40. The third-order valence-corrected chi connectivity index (χ3v) is 2.45. The highest BCUT2D eigenvalue weighted by Gasteiger charge is 2.32. The first-order valence-electron chi connectivity index (χ1n) is 4.71. The zero-order valence-electron chi connectivity index (χ0n) is 8.03. The Hall–Kier alpha value is -1.38. The average molecular weight is 193 g/mol. The Morgan fingerprint density at radius 2 is 2.21 bits per heavy atom. The third kappa shape index (κ3) is 1.76. The first-order valence-corrected chi connectivity index (χ1v) is 4.71. The highest BCUT2D eigenvalue weighted by molar-refractivity contribution is 5.95. The molecule has 1 saturated carbocycles. The molecule has 1 aliphatic carbocycles. The number of hydrogen-bond donors (Lipinski definition) is 0. The van der Waals surface area contributed by atoms with E-state index in [1.807, 2.05) is 0 Å². The molecule has 0 bridgehead atoms. The molecular formula is C11H12FNO. The molecule has 0 aromatic heterocycles. The molecule has 1 aromatic rings. The van der Waals surface area contributed by atoms with Crippen molar-refractivity contribution in [2.75, 3.05) is 11.9 Å². The predicted molar refractivity (Wildman–Crippen MR) is 52.5 cm³/mol. The predicted octanol–water partition coefficient (Wildman–Crippen LogP) is 2.20. The molecule has 74 valence electrons. The summed E-state index contributed by atoms with van der Waals surface area (Å²) >= 11 is 0. The lowest BCUT2D eigenvalue weighted by atomic mass is 10.2. The average Bonchev–Trinajstić information content (AvgIpc) is 2.99. The number of carbonyl (C=O) groups excluding carboxylic acids is 1. The summed E-state index contributed by atoms with van der Waals surface area (Å²) in [5, 5.41) is 0. The molecule has 1 aromatic carbocycles. The van der Waals surface area contributed by atoms with Crippen molar-refractivity contribution in [3.05, 3.63) is 30.1 Å². The molecule has 0 heterocycles. The van der Waals surface area contributed by atoms with Gasteiger partial charge in [0, 0.05) is 18.7 Å². The smallest absolute Gasteiger partial charge is 0.229 e. The SMILES string of the molecule is CN(C(=O)C1CC1)c1cccc(F)c1. The van der Waals surface area contributed by atoms with Crippen LogP contribution in [-0.4, -0.2) is 13.0 Å². The van der Waals surface area contributed by atoms with Gasteiger partial charge < -0.3 is 4.90 Å². The fourth-order valence-electron chi connectivity index (χ4n) is 1.42. The van der Waals surface area contributed by atoms with Crippen molar-refractivity contribution in [3.63, 3.8) is 0 Å². The topological polar surface area (TPSA) is 20.3 Å². The third-order valence-electron chi connectivity index (χ3n) is 2.45. The van der Waals surface area contributed by atoms with Gasteiger partial charge in [0.25, 0.3) is 0 Å². The summed E-state index contributed by atoms with van der Waals surface area (Å²) < 4.78 is 12.9. The van der Waals surface area contributed by atoms with Crippen molar-refractivity contribution in [2.24, 2.45) is 5.92 Å². The van der Waals surface area contributed by atoms with Crippen LogP contribution in [0, 0.1) is 11.7 Å². The van der Waals surface area contributed by atoms with Crippen molar-refractivity contribution >= 4 is 11.6 Å². The first kappa shape index (κ1) is 9.19. The fourth-order valence-corrected chi connectivity index (χ4v) is 1.42. The lowest BCUT2D eigenvalue weighted by molar-refractivity contribution is -0.119. The minimum atomic E-state index is -0.307. The van der Waals surface area contributed by atoms with E-state index < -0.39 is 0 Å². The van der Waals surface area contributed by atoms with Crippen LogP contribution in [0.15, 0.2) is 24.3 Å². The minimum Gasteiger partial charge on any atom is -0.315 e. The van der Waals surface area contributed by atoms with E-state index in [1.54, 1.807) is 19.2 Å². The number of halogens is 1. The molecule has 0 atom stereocenters. The zero-order valence-corrected chi connectivity index (χ0v) is 8.03. The van der Waals surface area contributed by atoms with Crippen LogP contribution in [0.25, 0.3) is 0 Å². The van der Waals surface area contributed by atoms with Crippen molar-refractivity contribution in [1.29, 1.82) is 0 Å². The highest BCUT2D eigenvalue weighted by Crippen LogP contribution is 2.32. The summed E-state index contributed by atoms with van der Waals surface area (Å²) in [5.74, 6) is -0.0446. The summed E-state index contributed by atoms with van der Waals surface area (Å²) in [5.41, 5.74) is 0.627. The Bertz CT molecular complexity index is 360. The molecule has 1 fully saturated rings. The van der Waals surface area contributed by atoms with Crippen LogP contribution >= 0.6 is 0 Å². The summed E-state index contributed by atoms with van der Waals surface area (Å²) in [6.07, 6.45) is 1.94. The zero-order chi connectivity index (χ0) is 10.1. The van der Waals surface area contributed by atoms with Crippen LogP contribution < -0.4 is 4.90 Å². The molecule has 0 aliphatic heterocycles. The van der Waals surface area contributed by atoms with Crippen LogP contribution in [0.2, 0.25) is 0 Å². The summed E-state index contributed by atoms with van der Waals surface area (Å²) in [6, 6.07) is 6.10. The lowest BCUT2D eigenvalue weighted by Gasteiger charge is -2.16. The standard InChI is InChI=1S/C11H12FNO/c1-13(11(14)8-5-6-8)10-4-2-3-9(12)7-10/h2-4,7-8H,5-6H2,1H3. The molecule has 1 aliphatic rings. The Morgan fingerprint density at radius 3 is 2.79 bits per heavy atom. The van der Waals surface area contributed by atoms with Gasteiger partial charge in [-0.05, 0) is 31.0 Å². The minimum absolute atomic E-state index is 0.0931. The molecule has 0 spiro atoms. The second-order valence-corrected chi connectivity index (χ2v) is 3.65. The monoisotopic (exact) mass is 193 g/mol. The maximum absolute atomic E-state index is 12.9. The second-order valence-electron chi connectivity index (χ2n) is 3.65. The number of carbonyl (C=O) groups is 1. The Morgan fingerprint density at radius 1 is 1.50 bits per heavy atom. The van der Waals surface area contributed by atoms with E-state index in [-0.39, 0.29) is 17.6 Å². The van der Waals surface area contributed by atoms with Gasteiger partial charge in [-0.2, -0.15) is 0 Å².